The van der Waals surface area contributed by atoms with Crippen LogP contribution in [0.25, 0.3) is 11.0 Å². The lowest BCUT2D eigenvalue weighted by atomic mass is 9.97. The van der Waals surface area contributed by atoms with Gasteiger partial charge in [0.05, 0.1) is 17.1 Å². The molecule has 2 aromatic rings. The van der Waals surface area contributed by atoms with Gasteiger partial charge in [0.15, 0.2) is 0 Å². The summed E-state index contributed by atoms with van der Waals surface area (Å²) in [6, 6.07) is 9.22. The first-order valence-electron chi connectivity index (χ1n) is 6.60. The van der Waals surface area contributed by atoms with Crippen LogP contribution in [0.4, 0.5) is 0 Å². The molecule has 1 saturated heterocycles. The second kappa shape index (κ2) is 4.71. The Balaban J connectivity index is 1.92. The number of fused-ring (bicyclic) bond motifs is 1. The second-order valence-corrected chi connectivity index (χ2v) is 5.15. The van der Waals surface area contributed by atoms with Crippen LogP contribution >= 0.6 is 0 Å². The number of para-hydroxylation sites is 2. The van der Waals surface area contributed by atoms with Crippen LogP contribution in [0.15, 0.2) is 24.3 Å². The van der Waals surface area contributed by atoms with Crippen molar-refractivity contribution in [1.82, 2.24) is 20.2 Å². The number of rotatable bonds is 2. The van der Waals surface area contributed by atoms with Crippen LogP contribution < -0.4 is 5.32 Å². The fraction of sp³-hybridized carbons (Fsp3) is 0.500. The average molecular weight is 244 g/mol. The van der Waals surface area contributed by atoms with E-state index in [1.165, 1.54) is 6.42 Å². The first kappa shape index (κ1) is 11.7. The first-order chi connectivity index (χ1) is 8.78. The van der Waals surface area contributed by atoms with Gasteiger partial charge in [-0.15, -0.1) is 0 Å². The molecule has 18 heavy (non-hydrogen) atoms. The van der Waals surface area contributed by atoms with Gasteiger partial charge in [0.1, 0.15) is 5.82 Å². The molecule has 0 spiro atoms. The highest BCUT2D eigenvalue weighted by atomic mass is 15.2. The molecule has 1 fully saturated rings. The number of aromatic amines is 1. The fourth-order valence-electron chi connectivity index (χ4n) is 2.80. The van der Waals surface area contributed by atoms with Crippen molar-refractivity contribution in [2.45, 2.75) is 24.9 Å². The zero-order chi connectivity index (χ0) is 12.5. The molecule has 1 aliphatic heterocycles. The summed E-state index contributed by atoms with van der Waals surface area (Å²) in [6.45, 7) is 1.12. The lowest BCUT2D eigenvalue weighted by molar-refractivity contribution is 0.154. The second-order valence-electron chi connectivity index (χ2n) is 5.15. The van der Waals surface area contributed by atoms with Crippen molar-refractivity contribution < 1.29 is 0 Å². The standard InChI is InChI=1S/C14H20N4/c1-15-10-7-8-18(2)13(9-10)14-16-11-5-3-4-6-12(11)17-14/h3-6,10,13,15H,7-9H2,1-2H3,(H,16,17)/t10-,13-/m1/s1. The van der Waals surface area contributed by atoms with Crippen LogP contribution in [0, 0.1) is 0 Å². The molecular weight excluding hydrogens is 224 g/mol. The van der Waals surface area contributed by atoms with Crippen molar-refractivity contribution in [3.8, 4) is 0 Å². The first-order valence-corrected chi connectivity index (χ1v) is 6.60. The summed E-state index contributed by atoms with van der Waals surface area (Å²) in [7, 11) is 4.23. The molecule has 0 radical (unpaired) electrons. The van der Waals surface area contributed by atoms with Crippen LogP contribution in [-0.4, -0.2) is 41.5 Å². The highest BCUT2D eigenvalue weighted by Gasteiger charge is 2.28. The molecule has 1 aromatic carbocycles. The topological polar surface area (TPSA) is 44.0 Å². The maximum Gasteiger partial charge on any atom is 0.124 e. The molecule has 0 amide bonds. The van der Waals surface area contributed by atoms with E-state index in [4.69, 9.17) is 4.98 Å². The van der Waals surface area contributed by atoms with Crippen molar-refractivity contribution in [2.75, 3.05) is 20.6 Å². The molecule has 0 bridgehead atoms. The number of benzene rings is 1. The van der Waals surface area contributed by atoms with Crippen LogP contribution in [-0.2, 0) is 0 Å². The third kappa shape index (κ3) is 2.02. The summed E-state index contributed by atoms with van der Waals surface area (Å²) >= 11 is 0. The van der Waals surface area contributed by atoms with Gasteiger partial charge < -0.3 is 10.3 Å². The van der Waals surface area contributed by atoms with Gasteiger partial charge in [0, 0.05) is 12.6 Å². The van der Waals surface area contributed by atoms with Gasteiger partial charge in [-0.1, -0.05) is 12.1 Å². The van der Waals surface area contributed by atoms with Crippen molar-refractivity contribution in [3.05, 3.63) is 30.1 Å². The largest absolute Gasteiger partial charge is 0.341 e. The van der Waals surface area contributed by atoms with Crippen LogP contribution in [0.5, 0.6) is 0 Å². The molecule has 2 heterocycles. The number of imidazole rings is 1. The molecule has 3 rings (SSSR count). The van der Waals surface area contributed by atoms with Crippen molar-refractivity contribution in [1.29, 1.82) is 0 Å². The van der Waals surface area contributed by atoms with Gasteiger partial charge >= 0.3 is 0 Å². The molecule has 1 aromatic heterocycles. The van der Waals surface area contributed by atoms with Crippen LogP contribution in [0.1, 0.15) is 24.7 Å². The number of hydrogen-bond donors (Lipinski definition) is 2. The maximum absolute atomic E-state index is 4.73. The van der Waals surface area contributed by atoms with E-state index in [1.54, 1.807) is 0 Å². The number of H-pyrrole nitrogens is 1. The van der Waals surface area contributed by atoms with E-state index in [9.17, 15) is 0 Å². The molecule has 0 unspecified atom stereocenters. The number of nitrogens with zero attached hydrogens (tertiary/aromatic N) is 2. The van der Waals surface area contributed by atoms with Crippen LogP contribution in [0.3, 0.4) is 0 Å². The molecular formula is C14H20N4. The summed E-state index contributed by atoms with van der Waals surface area (Å²) < 4.78 is 0. The lowest BCUT2D eigenvalue weighted by Crippen LogP contribution is -2.41. The van der Waals surface area contributed by atoms with Crippen molar-refractivity contribution >= 4 is 11.0 Å². The Kier molecular flexibility index (Phi) is 3.06. The van der Waals surface area contributed by atoms with E-state index in [-0.39, 0.29) is 0 Å². The molecule has 2 N–H and O–H groups in total. The number of likely N-dealkylation sites (tertiary alicyclic amines) is 1. The molecule has 0 aliphatic carbocycles. The number of nitrogens with one attached hydrogen (secondary N) is 2. The van der Waals surface area contributed by atoms with Gasteiger partial charge in [0.2, 0.25) is 0 Å². The highest BCUT2D eigenvalue weighted by Crippen LogP contribution is 2.29. The minimum Gasteiger partial charge on any atom is -0.341 e. The Morgan fingerprint density at radius 3 is 3.00 bits per heavy atom. The third-order valence-corrected chi connectivity index (χ3v) is 4.00. The summed E-state index contributed by atoms with van der Waals surface area (Å²) in [4.78, 5) is 10.6. The number of aromatic nitrogens is 2. The third-order valence-electron chi connectivity index (χ3n) is 4.00. The molecule has 4 heteroatoms. The summed E-state index contributed by atoms with van der Waals surface area (Å²) in [5.41, 5.74) is 2.19. The Morgan fingerprint density at radius 2 is 2.22 bits per heavy atom. The van der Waals surface area contributed by atoms with Crippen molar-refractivity contribution in [3.63, 3.8) is 0 Å². The number of hydrogen-bond acceptors (Lipinski definition) is 3. The fourth-order valence-corrected chi connectivity index (χ4v) is 2.80. The normalized spacial score (nSPS) is 25.7. The van der Waals surface area contributed by atoms with E-state index in [2.05, 4.69) is 34.4 Å². The van der Waals surface area contributed by atoms with Gasteiger partial charge in [-0.3, -0.25) is 4.90 Å². The lowest BCUT2D eigenvalue weighted by Gasteiger charge is -2.35. The van der Waals surface area contributed by atoms with Crippen molar-refractivity contribution in [2.24, 2.45) is 0 Å². The minimum absolute atomic E-state index is 0.392. The maximum atomic E-state index is 4.73. The molecule has 4 nitrogen and oxygen atoms in total. The molecule has 0 saturated carbocycles. The predicted molar refractivity (Wildman–Crippen MR) is 73.5 cm³/mol. The van der Waals surface area contributed by atoms with Gasteiger partial charge in [0.25, 0.3) is 0 Å². The Hall–Kier alpha value is -1.39. The van der Waals surface area contributed by atoms with Gasteiger partial charge in [-0.2, -0.15) is 0 Å². The molecule has 2 atom stereocenters. The average Bonchev–Trinajstić information content (AvgIpc) is 2.82. The van der Waals surface area contributed by atoms with Gasteiger partial charge in [-0.25, -0.2) is 4.98 Å². The van der Waals surface area contributed by atoms with E-state index in [0.29, 0.717) is 12.1 Å². The quantitative estimate of drug-likeness (QED) is 0.848. The predicted octanol–water partition coefficient (Wildman–Crippen LogP) is 1.92. The number of piperidine rings is 1. The smallest absolute Gasteiger partial charge is 0.124 e. The summed E-state index contributed by atoms with van der Waals surface area (Å²) in [5.74, 6) is 1.10. The highest BCUT2D eigenvalue weighted by molar-refractivity contribution is 5.74. The van der Waals surface area contributed by atoms with Crippen LogP contribution in [0.2, 0.25) is 0 Å². The van der Waals surface area contributed by atoms with E-state index >= 15 is 0 Å². The van der Waals surface area contributed by atoms with E-state index < -0.39 is 0 Å². The van der Waals surface area contributed by atoms with E-state index in [1.807, 2.05) is 19.2 Å². The summed E-state index contributed by atoms with van der Waals surface area (Å²) in [5, 5.41) is 3.39. The zero-order valence-electron chi connectivity index (χ0n) is 11.0. The molecule has 96 valence electrons. The Morgan fingerprint density at radius 1 is 1.39 bits per heavy atom. The molecule has 1 aliphatic rings. The summed E-state index contributed by atoms with van der Waals surface area (Å²) in [6.07, 6.45) is 2.33. The monoisotopic (exact) mass is 244 g/mol. The van der Waals surface area contributed by atoms with E-state index in [0.717, 1.165) is 29.8 Å². The Bertz CT molecular complexity index is 500. The zero-order valence-corrected chi connectivity index (χ0v) is 11.0. The Labute approximate surface area is 107 Å². The SMILES string of the molecule is CN[C@@H]1CCN(C)[C@@H](c2nc3ccccc3[nH]2)C1. The minimum atomic E-state index is 0.392. The van der Waals surface area contributed by atoms with Gasteiger partial charge in [-0.05, 0) is 39.1 Å².